The molecule has 0 fully saturated rings. The fraction of sp³-hybridized carbons (Fsp3) is 0.200. The first kappa shape index (κ1) is 13.9. The molecule has 20 heavy (non-hydrogen) atoms. The van der Waals surface area contributed by atoms with Gasteiger partial charge in [-0.05, 0) is 36.8 Å². The van der Waals surface area contributed by atoms with E-state index in [9.17, 15) is 9.90 Å². The van der Waals surface area contributed by atoms with Crippen LogP contribution in [-0.2, 0) is 11.2 Å². The molecule has 5 heteroatoms. The number of pyridine rings is 1. The zero-order valence-corrected chi connectivity index (χ0v) is 11.2. The van der Waals surface area contributed by atoms with Crippen LogP contribution in [-0.4, -0.2) is 22.6 Å². The number of amides is 1. The molecule has 0 bridgehead atoms. The molecule has 5 nitrogen and oxygen atoms in total. The quantitative estimate of drug-likeness (QED) is 0.876. The van der Waals surface area contributed by atoms with Crippen LogP contribution >= 0.6 is 0 Å². The lowest BCUT2D eigenvalue weighted by molar-refractivity contribution is -0.115. The molecule has 0 radical (unpaired) electrons. The lowest BCUT2D eigenvalue weighted by atomic mass is 10.1. The maximum Gasteiger partial charge on any atom is 0.230 e. The van der Waals surface area contributed by atoms with Crippen LogP contribution in [0.25, 0.3) is 0 Å². The smallest absolute Gasteiger partial charge is 0.230 e. The molecule has 104 valence electrons. The number of aromatic nitrogens is 1. The molecule has 2 aromatic rings. The topological polar surface area (TPSA) is 71.5 Å². The Morgan fingerprint density at radius 2 is 2.05 bits per heavy atom. The fourth-order valence-electron chi connectivity index (χ4n) is 1.72. The number of ether oxygens (including phenoxy) is 1. The first-order valence-electron chi connectivity index (χ1n) is 6.34. The number of hydrogen-bond acceptors (Lipinski definition) is 4. The first-order chi connectivity index (χ1) is 9.69. The molecule has 1 aromatic heterocycles. The predicted molar refractivity (Wildman–Crippen MR) is 75.8 cm³/mol. The van der Waals surface area contributed by atoms with Crippen molar-refractivity contribution in [1.29, 1.82) is 0 Å². The molecular weight excluding hydrogens is 256 g/mol. The van der Waals surface area contributed by atoms with Crippen LogP contribution in [0.15, 0.2) is 42.6 Å². The molecule has 2 rings (SSSR count). The van der Waals surface area contributed by atoms with Gasteiger partial charge in [0.15, 0.2) is 11.6 Å². The standard InChI is InChI=1S/C15H16N2O3/c1-2-20-12-7-5-11(6-8-12)10-14(19)17-15-13(18)4-3-9-16-15/h3-9,18H,2,10H2,1H3,(H,16,17,19). The molecule has 1 heterocycles. The number of aromatic hydroxyl groups is 1. The molecule has 0 spiro atoms. The van der Waals surface area contributed by atoms with E-state index in [2.05, 4.69) is 10.3 Å². The van der Waals surface area contributed by atoms with E-state index in [1.165, 1.54) is 12.3 Å². The molecule has 1 amide bonds. The third kappa shape index (κ3) is 3.71. The molecule has 0 aliphatic rings. The molecular formula is C15H16N2O3. The van der Waals surface area contributed by atoms with Gasteiger partial charge < -0.3 is 15.2 Å². The molecule has 0 aliphatic carbocycles. The molecule has 2 N–H and O–H groups in total. The van der Waals surface area contributed by atoms with E-state index in [-0.39, 0.29) is 23.9 Å². The molecule has 0 saturated carbocycles. The summed E-state index contributed by atoms with van der Waals surface area (Å²) in [4.78, 5) is 15.7. The van der Waals surface area contributed by atoms with Gasteiger partial charge in [0, 0.05) is 6.20 Å². The number of hydrogen-bond donors (Lipinski definition) is 2. The number of carbonyl (C=O) groups excluding carboxylic acids is 1. The summed E-state index contributed by atoms with van der Waals surface area (Å²) in [5.74, 6) is 0.665. The zero-order chi connectivity index (χ0) is 14.4. The van der Waals surface area contributed by atoms with E-state index in [0.717, 1.165) is 11.3 Å². The average Bonchev–Trinajstić information content (AvgIpc) is 2.44. The summed E-state index contributed by atoms with van der Waals surface area (Å²) in [6, 6.07) is 10.4. The van der Waals surface area contributed by atoms with E-state index in [1.807, 2.05) is 31.2 Å². The van der Waals surface area contributed by atoms with Gasteiger partial charge in [0.25, 0.3) is 0 Å². The summed E-state index contributed by atoms with van der Waals surface area (Å²) in [7, 11) is 0. The number of rotatable bonds is 5. The second-order valence-corrected chi connectivity index (χ2v) is 4.17. The number of nitrogens with one attached hydrogen (secondary N) is 1. The van der Waals surface area contributed by atoms with Crippen molar-refractivity contribution in [3.05, 3.63) is 48.2 Å². The van der Waals surface area contributed by atoms with E-state index in [0.29, 0.717) is 6.61 Å². The van der Waals surface area contributed by atoms with Crippen molar-refractivity contribution < 1.29 is 14.6 Å². The summed E-state index contributed by atoms with van der Waals surface area (Å²) in [6.45, 7) is 2.53. The van der Waals surface area contributed by atoms with Crippen molar-refractivity contribution >= 4 is 11.7 Å². The monoisotopic (exact) mass is 272 g/mol. The summed E-state index contributed by atoms with van der Waals surface area (Å²) < 4.78 is 5.33. The lowest BCUT2D eigenvalue weighted by Gasteiger charge is -2.07. The van der Waals surface area contributed by atoms with Crippen molar-refractivity contribution in [3.8, 4) is 11.5 Å². The Hall–Kier alpha value is -2.56. The van der Waals surface area contributed by atoms with Crippen molar-refractivity contribution in [3.63, 3.8) is 0 Å². The van der Waals surface area contributed by atoms with Gasteiger partial charge >= 0.3 is 0 Å². The third-order valence-electron chi connectivity index (χ3n) is 2.64. The summed E-state index contributed by atoms with van der Waals surface area (Å²) in [5, 5.41) is 12.1. The Balaban J connectivity index is 1.96. The summed E-state index contributed by atoms with van der Waals surface area (Å²) >= 11 is 0. The highest BCUT2D eigenvalue weighted by Crippen LogP contribution is 2.19. The third-order valence-corrected chi connectivity index (χ3v) is 2.64. The average molecular weight is 272 g/mol. The Labute approximate surface area is 117 Å². The number of benzene rings is 1. The Morgan fingerprint density at radius 1 is 1.30 bits per heavy atom. The van der Waals surface area contributed by atoms with Gasteiger partial charge in [-0.15, -0.1) is 0 Å². The van der Waals surface area contributed by atoms with Crippen LogP contribution in [0.4, 0.5) is 5.82 Å². The van der Waals surface area contributed by atoms with Crippen LogP contribution in [0.2, 0.25) is 0 Å². The largest absolute Gasteiger partial charge is 0.504 e. The van der Waals surface area contributed by atoms with Crippen molar-refractivity contribution in [2.24, 2.45) is 0 Å². The van der Waals surface area contributed by atoms with Gasteiger partial charge in [0.2, 0.25) is 5.91 Å². The van der Waals surface area contributed by atoms with Crippen LogP contribution in [0.3, 0.4) is 0 Å². The highest BCUT2D eigenvalue weighted by atomic mass is 16.5. The van der Waals surface area contributed by atoms with Gasteiger partial charge in [0.05, 0.1) is 13.0 Å². The first-order valence-corrected chi connectivity index (χ1v) is 6.34. The number of anilines is 1. The van der Waals surface area contributed by atoms with Gasteiger partial charge in [-0.1, -0.05) is 12.1 Å². The van der Waals surface area contributed by atoms with Gasteiger partial charge in [-0.2, -0.15) is 0 Å². The van der Waals surface area contributed by atoms with E-state index >= 15 is 0 Å². The maximum atomic E-state index is 11.9. The second kappa shape index (κ2) is 6.56. The van der Waals surface area contributed by atoms with Crippen LogP contribution in [0.1, 0.15) is 12.5 Å². The minimum Gasteiger partial charge on any atom is -0.504 e. The van der Waals surface area contributed by atoms with Crippen LogP contribution in [0.5, 0.6) is 11.5 Å². The predicted octanol–water partition coefficient (Wildman–Crippen LogP) is 2.37. The molecule has 0 unspecified atom stereocenters. The number of nitrogens with zero attached hydrogens (tertiary/aromatic N) is 1. The Morgan fingerprint density at radius 3 is 2.70 bits per heavy atom. The van der Waals surface area contributed by atoms with E-state index in [4.69, 9.17) is 4.74 Å². The highest BCUT2D eigenvalue weighted by Gasteiger charge is 2.08. The van der Waals surface area contributed by atoms with E-state index in [1.54, 1.807) is 6.07 Å². The lowest BCUT2D eigenvalue weighted by Crippen LogP contribution is -2.15. The van der Waals surface area contributed by atoms with Gasteiger partial charge in [-0.25, -0.2) is 4.98 Å². The zero-order valence-electron chi connectivity index (χ0n) is 11.2. The maximum absolute atomic E-state index is 11.9. The summed E-state index contributed by atoms with van der Waals surface area (Å²) in [5.41, 5.74) is 0.862. The molecule has 0 atom stereocenters. The molecule has 0 aliphatic heterocycles. The van der Waals surface area contributed by atoms with E-state index < -0.39 is 0 Å². The van der Waals surface area contributed by atoms with Crippen LogP contribution < -0.4 is 10.1 Å². The van der Waals surface area contributed by atoms with Crippen molar-refractivity contribution in [2.75, 3.05) is 11.9 Å². The highest BCUT2D eigenvalue weighted by molar-refractivity contribution is 5.92. The molecule has 0 saturated heterocycles. The second-order valence-electron chi connectivity index (χ2n) is 4.17. The van der Waals surface area contributed by atoms with Crippen molar-refractivity contribution in [2.45, 2.75) is 13.3 Å². The fourth-order valence-corrected chi connectivity index (χ4v) is 1.72. The minimum absolute atomic E-state index is 0.0486. The SMILES string of the molecule is CCOc1ccc(CC(=O)Nc2ncccc2O)cc1. The Bertz CT molecular complexity index is 582. The Kier molecular flexibility index (Phi) is 4.55. The van der Waals surface area contributed by atoms with Gasteiger partial charge in [-0.3, -0.25) is 4.79 Å². The van der Waals surface area contributed by atoms with Crippen LogP contribution in [0, 0.1) is 0 Å². The number of carbonyl (C=O) groups is 1. The summed E-state index contributed by atoms with van der Waals surface area (Å²) in [6.07, 6.45) is 1.72. The molecule has 1 aromatic carbocycles. The minimum atomic E-state index is -0.233. The normalized spacial score (nSPS) is 10.1. The van der Waals surface area contributed by atoms with Gasteiger partial charge in [0.1, 0.15) is 5.75 Å². The van der Waals surface area contributed by atoms with Crippen molar-refractivity contribution in [1.82, 2.24) is 4.98 Å².